The van der Waals surface area contributed by atoms with Crippen LogP contribution in [0.4, 0.5) is 0 Å². The summed E-state index contributed by atoms with van der Waals surface area (Å²) in [4.78, 5) is 0. The van der Waals surface area contributed by atoms with Crippen molar-refractivity contribution in [3.63, 3.8) is 0 Å². The Morgan fingerprint density at radius 1 is 0.688 bits per heavy atom. The quantitative estimate of drug-likeness (QED) is 0.578. The van der Waals surface area contributed by atoms with Crippen LogP contribution >= 0.6 is 0 Å². The number of rotatable bonds is 9. The van der Waals surface area contributed by atoms with Gasteiger partial charge in [-0.1, -0.05) is 26.7 Å². The molecule has 0 aliphatic carbocycles. The Kier molecular flexibility index (Phi) is 7.80. The van der Waals surface area contributed by atoms with Gasteiger partial charge in [0.15, 0.2) is 16.6 Å². The second-order valence-electron chi connectivity index (χ2n) is 5.31. The van der Waals surface area contributed by atoms with E-state index in [4.69, 9.17) is 8.85 Å². The molecule has 0 bridgehead atoms. The topological polar surface area (TPSA) is 18.5 Å². The minimum Gasteiger partial charge on any atom is -0.420 e. The van der Waals surface area contributed by atoms with E-state index in [0.29, 0.717) is 0 Å². The van der Waals surface area contributed by atoms with Crippen molar-refractivity contribution < 1.29 is 8.85 Å². The molecule has 16 heavy (non-hydrogen) atoms. The summed E-state index contributed by atoms with van der Waals surface area (Å²) >= 11 is 0. The molecular weight excluding hydrogens is 232 g/mol. The molecule has 2 nitrogen and oxygen atoms in total. The highest BCUT2D eigenvalue weighted by molar-refractivity contribution is 6.77. The average molecular weight is 263 g/mol. The van der Waals surface area contributed by atoms with Gasteiger partial charge in [-0.2, -0.15) is 0 Å². The maximum absolute atomic E-state index is 5.80. The van der Waals surface area contributed by atoms with Crippen molar-refractivity contribution in [3.05, 3.63) is 0 Å². The van der Waals surface area contributed by atoms with E-state index in [1.807, 2.05) is 14.2 Å². The Morgan fingerprint density at radius 2 is 1.00 bits per heavy atom. The molecule has 0 fully saturated rings. The van der Waals surface area contributed by atoms with Crippen molar-refractivity contribution >= 4 is 16.6 Å². The summed E-state index contributed by atoms with van der Waals surface area (Å²) in [6, 6.07) is 5.11. The van der Waals surface area contributed by atoms with E-state index in [9.17, 15) is 0 Å². The summed E-state index contributed by atoms with van der Waals surface area (Å²) in [5.41, 5.74) is 0. The van der Waals surface area contributed by atoms with Crippen molar-refractivity contribution in [3.8, 4) is 0 Å². The fourth-order valence-electron chi connectivity index (χ4n) is 2.24. The first kappa shape index (κ1) is 16.4. The highest BCUT2D eigenvalue weighted by atomic mass is 28.4. The molecule has 0 aliphatic rings. The van der Waals surface area contributed by atoms with Crippen molar-refractivity contribution in [2.45, 2.75) is 64.0 Å². The van der Waals surface area contributed by atoms with Crippen molar-refractivity contribution in [1.82, 2.24) is 0 Å². The van der Waals surface area contributed by atoms with Crippen LogP contribution in [0.1, 0.15) is 26.7 Å². The molecule has 0 N–H and O–H groups in total. The molecule has 0 radical (unpaired) electrons. The van der Waals surface area contributed by atoms with E-state index in [1.54, 1.807) is 0 Å². The minimum absolute atomic E-state index is 1.25. The van der Waals surface area contributed by atoms with Gasteiger partial charge in [0.25, 0.3) is 0 Å². The third kappa shape index (κ3) is 5.61. The zero-order valence-electron chi connectivity index (χ0n) is 12.1. The van der Waals surface area contributed by atoms with Gasteiger partial charge < -0.3 is 8.85 Å². The molecule has 4 heteroatoms. The van der Waals surface area contributed by atoms with Crippen LogP contribution in [-0.4, -0.2) is 30.9 Å². The summed E-state index contributed by atoms with van der Waals surface area (Å²) in [7, 11) is 0.945. The van der Waals surface area contributed by atoms with Gasteiger partial charge >= 0.3 is 0 Å². The van der Waals surface area contributed by atoms with E-state index < -0.39 is 16.6 Å². The molecule has 0 aromatic heterocycles. The molecule has 98 valence electrons. The second-order valence-corrected chi connectivity index (χ2v) is 13.9. The first-order valence-electron chi connectivity index (χ1n) is 6.55. The van der Waals surface area contributed by atoms with Gasteiger partial charge in [0.1, 0.15) is 0 Å². The SMILES string of the molecule is CCC[Si](C)(CC[Si](C)(CCC)OC)OC. The molecule has 0 aliphatic heterocycles. The van der Waals surface area contributed by atoms with Crippen LogP contribution < -0.4 is 0 Å². The van der Waals surface area contributed by atoms with Gasteiger partial charge in [-0.25, -0.2) is 0 Å². The van der Waals surface area contributed by atoms with Gasteiger partial charge in [0.2, 0.25) is 0 Å². The first-order valence-corrected chi connectivity index (χ1v) is 12.2. The van der Waals surface area contributed by atoms with Crippen molar-refractivity contribution in [1.29, 1.82) is 0 Å². The fourth-order valence-corrected chi connectivity index (χ4v) is 9.91. The summed E-state index contributed by atoms with van der Waals surface area (Å²) in [6.07, 6.45) is 2.49. The zero-order chi connectivity index (χ0) is 12.7. The van der Waals surface area contributed by atoms with Gasteiger partial charge in [0.05, 0.1) is 0 Å². The van der Waals surface area contributed by atoms with Crippen molar-refractivity contribution in [2.75, 3.05) is 14.2 Å². The molecule has 2 atom stereocenters. The predicted molar refractivity (Wildman–Crippen MR) is 77.1 cm³/mol. The van der Waals surface area contributed by atoms with E-state index in [1.165, 1.54) is 37.0 Å². The van der Waals surface area contributed by atoms with E-state index in [-0.39, 0.29) is 0 Å². The maximum atomic E-state index is 5.80. The average Bonchev–Trinajstić information content (AvgIpc) is 2.27. The Morgan fingerprint density at radius 3 is 1.19 bits per heavy atom. The van der Waals surface area contributed by atoms with Crippen LogP contribution in [0.2, 0.25) is 37.3 Å². The lowest BCUT2D eigenvalue weighted by Gasteiger charge is -2.31. The Bertz CT molecular complexity index is 170. The molecular formula is C12H30O2Si2. The minimum atomic E-state index is -1.42. The molecule has 0 spiro atoms. The Labute approximate surface area is 104 Å². The molecule has 0 aromatic rings. The summed E-state index contributed by atoms with van der Waals surface area (Å²) in [6.45, 7) is 9.24. The lowest BCUT2D eigenvalue weighted by molar-refractivity contribution is 0.384. The molecule has 0 saturated carbocycles. The predicted octanol–water partition coefficient (Wildman–Crippen LogP) is 4.25. The number of hydrogen-bond acceptors (Lipinski definition) is 2. The van der Waals surface area contributed by atoms with Crippen LogP contribution in [-0.2, 0) is 8.85 Å². The third-order valence-corrected chi connectivity index (χ3v) is 11.9. The summed E-state index contributed by atoms with van der Waals surface area (Å²) < 4.78 is 11.6. The Hall–Kier alpha value is 0.354. The van der Waals surface area contributed by atoms with Gasteiger partial charge in [-0.15, -0.1) is 0 Å². The summed E-state index contributed by atoms with van der Waals surface area (Å²) in [5, 5.41) is 0. The van der Waals surface area contributed by atoms with E-state index in [0.717, 1.165) is 0 Å². The largest absolute Gasteiger partial charge is 0.420 e. The van der Waals surface area contributed by atoms with Crippen LogP contribution in [0.15, 0.2) is 0 Å². The monoisotopic (exact) mass is 262 g/mol. The second kappa shape index (κ2) is 7.64. The normalized spacial score (nSPS) is 19.1. The van der Waals surface area contributed by atoms with E-state index in [2.05, 4.69) is 26.9 Å². The maximum Gasteiger partial charge on any atom is 0.189 e. The number of hydrogen-bond donors (Lipinski definition) is 0. The van der Waals surface area contributed by atoms with Gasteiger partial charge in [0, 0.05) is 14.2 Å². The zero-order valence-corrected chi connectivity index (χ0v) is 14.1. The van der Waals surface area contributed by atoms with E-state index >= 15 is 0 Å². The molecule has 0 saturated heterocycles. The highest BCUT2D eigenvalue weighted by Crippen LogP contribution is 2.28. The smallest absolute Gasteiger partial charge is 0.189 e. The molecule has 2 unspecified atom stereocenters. The van der Waals surface area contributed by atoms with Crippen LogP contribution in [0, 0.1) is 0 Å². The molecule has 0 heterocycles. The molecule has 0 aromatic carbocycles. The summed E-state index contributed by atoms with van der Waals surface area (Å²) in [5.74, 6) is 0. The fraction of sp³-hybridized carbons (Fsp3) is 1.00. The lowest BCUT2D eigenvalue weighted by Crippen LogP contribution is -2.39. The third-order valence-electron chi connectivity index (χ3n) is 3.73. The van der Waals surface area contributed by atoms with Gasteiger partial charge in [-0.3, -0.25) is 0 Å². The van der Waals surface area contributed by atoms with Crippen LogP contribution in [0.5, 0.6) is 0 Å². The Balaban J connectivity index is 4.26. The first-order chi connectivity index (χ1) is 7.45. The van der Waals surface area contributed by atoms with Crippen molar-refractivity contribution in [2.24, 2.45) is 0 Å². The van der Waals surface area contributed by atoms with Crippen LogP contribution in [0.3, 0.4) is 0 Å². The molecule has 0 amide bonds. The van der Waals surface area contributed by atoms with Gasteiger partial charge in [-0.05, 0) is 37.3 Å². The lowest BCUT2D eigenvalue weighted by atomic mass is 10.6. The molecule has 0 rings (SSSR count). The van der Waals surface area contributed by atoms with Crippen LogP contribution in [0.25, 0.3) is 0 Å². The highest BCUT2D eigenvalue weighted by Gasteiger charge is 2.33. The standard InChI is InChI=1S/C12H30O2Si2/c1-7-9-15(5,13-3)11-12-16(6,14-4)10-8-2/h7-12H2,1-6H3.